The number of amides is 1. The van der Waals surface area contributed by atoms with E-state index in [1.54, 1.807) is 51.5 Å². The zero-order valence-electron chi connectivity index (χ0n) is 17.9. The van der Waals surface area contributed by atoms with Crippen LogP contribution in [0.25, 0.3) is 11.0 Å². The predicted octanol–water partition coefficient (Wildman–Crippen LogP) is 2.34. The SMILES string of the molecule is CCN(CC)c1cc2c(cc1NC(=O)c1cccc(OC)c1)n(C)c(=O)c(=O)n2C. The van der Waals surface area contributed by atoms with E-state index >= 15 is 0 Å². The van der Waals surface area contributed by atoms with Crippen molar-refractivity contribution in [1.82, 2.24) is 9.13 Å². The Bertz CT molecular complexity index is 1220. The number of hydrogen-bond acceptors (Lipinski definition) is 5. The molecular formula is C22H26N4O4. The number of rotatable bonds is 6. The van der Waals surface area contributed by atoms with Crippen LogP contribution >= 0.6 is 0 Å². The van der Waals surface area contributed by atoms with Crippen molar-refractivity contribution in [2.24, 2.45) is 14.1 Å². The molecule has 0 aliphatic heterocycles. The largest absolute Gasteiger partial charge is 0.497 e. The molecule has 0 unspecified atom stereocenters. The molecule has 3 rings (SSSR count). The van der Waals surface area contributed by atoms with Crippen LogP contribution in [0.2, 0.25) is 0 Å². The molecule has 3 aromatic rings. The Morgan fingerprint density at radius 2 is 1.60 bits per heavy atom. The number of anilines is 2. The van der Waals surface area contributed by atoms with Gasteiger partial charge in [0.05, 0.1) is 29.5 Å². The molecule has 2 aromatic carbocycles. The molecule has 0 bridgehead atoms. The number of aromatic nitrogens is 2. The molecular weight excluding hydrogens is 384 g/mol. The summed E-state index contributed by atoms with van der Waals surface area (Å²) in [6.07, 6.45) is 0. The zero-order chi connectivity index (χ0) is 22.0. The van der Waals surface area contributed by atoms with Crippen molar-refractivity contribution < 1.29 is 9.53 Å². The van der Waals surface area contributed by atoms with Gasteiger partial charge in [-0.1, -0.05) is 6.07 Å². The lowest BCUT2D eigenvalue weighted by molar-refractivity contribution is 0.102. The molecule has 8 heteroatoms. The highest BCUT2D eigenvalue weighted by Crippen LogP contribution is 2.31. The second kappa shape index (κ2) is 8.44. The van der Waals surface area contributed by atoms with Gasteiger partial charge in [-0.2, -0.15) is 0 Å². The lowest BCUT2D eigenvalue weighted by Gasteiger charge is -2.25. The highest BCUT2D eigenvalue weighted by atomic mass is 16.5. The summed E-state index contributed by atoms with van der Waals surface area (Å²) in [5.74, 6) is 0.291. The molecule has 0 aliphatic rings. The summed E-state index contributed by atoms with van der Waals surface area (Å²) in [4.78, 5) is 39.6. The van der Waals surface area contributed by atoms with Crippen LogP contribution in [0.4, 0.5) is 11.4 Å². The number of carbonyl (C=O) groups excluding carboxylic acids is 1. The maximum atomic E-state index is 12.9. The van der Waals surface area contributed by atoms with Crippen LogP contribution in [0.5, 0.6) is 5.75 Å². The molecule has 0 saturated heterocycles. The molecule has 0 spiro atoms. The molecule has 0 saturated carbocycles. The Morgan fingerprint density at radius 1 is 1.00 bits per heavy atom. The van der Waals surface area contributed by atoms with E-state index in [-0.39, 0.29) is 5.91 Å². The van der Waals surface area contributed by atoms with Gasteiger partial charge in [-0.05, 0) is 44.2 Å². The van der Waals surface area contributed by atoms with Crippen LogP contribution in [0, 0.1) is 0 Å². The number of nitrogens with zero attached hydrogens (tertiary/aromatic N) is 3. The second-order valence-corrected chi connectivity index (χ2v) is 6.94. The normalized spacial score (nSPS) is 10.8. The Labute approximate surface area is 174 Å². The van der Waals surface area contributed by atoms with Crippen LogP contribution in [-0.4, -0.2) is 35.2 Å². The molecule has 1 amide bonds. The van der Waals surface area contributed by atoms with Gasteiger partial charge >= 0.3 is 11.1 Å². The van der Waals surface area contributed by atoms with Gasteiger partial charge in [0, 0.05) is 32.7 Å². The molecule has 0 atom stereocenters. The third-order valence-electron chi connectivity index (χ3n) is 5.29. The van der Waals surface area contributed by atoms with Crippen molar-refractivity contribution in [1.29, 1.82) is 0 Å². The minimum atomic E-state index is -0.620. The standard InChI is InChI=1S/C22H26N4O4/c1-6-26(7-2)17-13-19-18(24(3)21(28)22(29)25(19)4)12-16(17)23-20(27)14-9-8-10-15(11-14)30-5/h8-13H,6-7H2,1-5H3,(H,23,27). The number of benzene rings is 2. The number of carbonyl (C=O) groups is 1. The lowest BCUT2D eigenvalue weighted by Crippen LogP contribution is -2.39. The lowest BCUT2D eigenvalue weighted by atomic mass is 10.1. The van der Waals surface area contributed by atoms with Crippen molar-refractivity contribution in [3.8, 4) is 5.75 Å². The van der Waals surface area contributed by atoms with Gasteiger partial charge in [0.1, 0.15) is 5.75 Å². The summed E-state index contributed by atoms with van der Waals surface area (Å²) in [6, 6.07) is 10.5. The minimum absolute atomic E-state index is 0.295. The van der Waals surface area contributed by atoms with E-state index < -0.39 is 11.1 Å². The maximum Gasteiger partial charge on any atom is 0.316 e. The Balaban J connectivity index is 2.20. The van der Waals surface area contributed by atoms with Gasteiger partial charge in [-0.3, -0.25) is 14.4 Å². The van der Waals surface area contributed by atoms with Gasteiger partial charge in [0.2, 0.25) is 0 Å². The first-order chi connectivity index (χ1) is 14.3. The fraction of sp³-hybridized carbons (Fsp3) is 0.318. The molecule has 30 heavy (non-hydrogen) atoms. The number of aryl methyl sites for hydroxylation is 2. The van der Waals surface area contributed by atoms with Crippen LogP contribution in [0.15, 0.2) is 46.0 Å². The van der Waals surface area contributed by atoms with Crippen LogP contribution in [0.1, 0.15) is 24.2 Å². The first kappa shape index (κ1) is 21.2. The minimum Gasteiger partial charge on any atom is -0.497 e. The summed E-state index contributed by atoms with van der Waals surface area (Å²) in [7, 11) is 4.67. The zero-order valence-corrected chi connectivity index (χ0v) is 17.9. The first-order valence-corrected chi connectivity index (χ1v) is 9.76. The van der Waals surface area contributed by atoms with Crippen molar-refractivity contribution in [3.63, 3.8) is 0 Å². The second-order valence-electron chi connectivity index (χ2n) is 6.94. The number of methoxy groups -OCH3 is 1. The van der Waals surface area contributed by atoms with Crippen molar-refractivity contribution >= 4 is 28.3 Å². The summed E-state index contributed by atoms with van der Waals surface area (Å²) in [6.45, 7) is 5.45. The number of nitrogens with one attached hydrogen (secondary N) is 1. The molecule has 0 fully saturated rings. The first-order valence-electron chi connectivity index (χ1n) is 9.76. The summed E-state index contributed by atoms with van der Waals surface area (Å²) < 4.78 is 7.86. The highest BCUT2D eigenvalue weighted by Gasteiger charge is 2.18. The van der Waals surface area contributed by atoms with E-state index in [4.69, 9.17) is 4.74 Å². The number of hydrogen-bond donors (Lipinski definition) is 1. The maximum absolute atomic E-state index is 12.9. The smallest absolute Gasteiger partial charge is 0.316 e. The summed E-state index contributed by atoms with van der Waals surface area (Å²) in [5.41, 5.74) is 1.75. The Kier molecular flexibility index (Phi) is 5.96. The van der Waals surface area contributed by atoms with Gasteiger partial charge in [0.15, 0.2) is 0 Å². The summed E-state index contributed by atoms with van der Waals surface area (Å²) in [5, 5.41) is 2.96. The van der Waals surface area contributed by atoms with E-state index in [1.807, 2.05) is 19.9 Å². The molecule has 8 nitrogen and oxygen atoms in total. The van der Waals surface area contributed by atoms with Crippen molar-refractivity contribution in [3.05, 3.63) is 62.7 Å². The van der Waals surface area contributed by atoms with E-state index in [0.717, 1.165) is 5.69 Å². The van der Waals surface area contributed by atoms with Gasteiger partial charge in [-0.15, -0.1) is 0 Å². The number of fused-ring (bicyclic) bond motifs is 1. The quantitative estimate of drug-likeness (QED) is 0.631. The van der Waals surface area contributed by atoms with Gasteiger partial charge in [-0.25, -0.2) is 0 Å². The topological polar surface area (TPSA) is 85.6 Å². The number of ether oxygens (including phenoxy) is 1. The average molecular weight is 410 g/mol. The monoisotopic (exact) mass is 410 g/mol. The van der Waals surface area contributed by atoms with E-state index in [9.17, 15) is 14.4 Å². The van der Waals surface area contributed by atoms with Crippen molar-refractivity contribution in [2.45, 2.75) is 13.8 Å². The fourth-order valence-electron chi connectivity index (χ4n) is 3.49. The Morgan fingerprint density at radius 3 is 2.17 bits per heavy atom. The van der Waals surface area contributed by atoms with Gasteiger partial charge in [0.25, 0.3) is 5.91 Å². The van der Waals surface area contributed by atoms with Crippen LogP contribution in [-0.2, 0) is 14.1 Å². The third-order valence-corrected chi connectivity index (χ3v) is 5.29. The highest BCUT2D eigenvalue weighted by molar-refractivity contribution is 6.07. The van der Waals surface area contributed by atoms with E-state index in [0.29, 0.717) is 41.1 Å². The van der Waals surface area contributed by atoms with Crippen molar-refractivity contribution in [2.75, 3.05) is 30.4 Å². The Hall–Kier alpha value is -3.55. The van der Waals surface area contributed by atoms with Gasteiger partial charge < -0.3 is 24.1 Å². The van der Waals surface area contributed by atoms with E-state index in [2.05, 4.69) is 10.2 Å². The molecule has 1 heterocycles. The molecule has 1 N–H and O–H groups in total. The molecule has 0 radical (unpaired) electrons. The third kappa shape index (κ3) is 3.68. The molecule has 0 aliphatic carbocycles. The molecule has 1 aromatic heterocycles. The van der Waals surface area contributed by atoms with E-state index in [1.165, 1.54) is 9.13 Å². The predicted molar refractivity (Wildman–Crippen MR) is 119 cm³/mol. The average Bonchev–Trinajstić information content (AvgIpc) is 2.77. The fourth-order valence-corrected chi connectivity index (χ4v) is 3.49. The van der Waals surface area contributed by atoms with Crippen LogP contribution in [0.3, 0.4) is 0 Å². The van der Waals surface area contributed by atoms with Crippen LogP contribution < -0.4 is 26.1 Å². The summed E-state index contributed by atoms with van der Waals surface area (Å²) >= 11 is 0. The molecule has 158 valence electrons.